The quantitative estimate of drug-likeness (QED) is 0.111. The van der Waals surface area contributed by atoms with E-state index in [4.69, 9.17) is 4.74 Å². The molecule has 3 atom stereocenters. The number of carboxylic acid groups (broad SMARTS) is 1. The van der Waals surface area contributed by atoms with Crippen LogP contribution in [-0.4, -0.2) is 126 Å². The van der Waals surface area contributed by atoms with Gasteiger partial charge in [-0.2, -0.15) is 5.26 Å². The number of hydrogen-bond donors (Lipinski definition) is 5. The van der Waals surface area contributed by atoms with Gasteiger partial charge in [-0.3, -0.25) is 4.79 Å². The maximum Gasteiger partial charge on any atom is 0.328 e. The van der Waals surface area contributed by atoms with Gasteiger partial charge in [-0.05, 0) is 143 Å². The number of esters is 1. The summed E-state index contributed by atoms with van der Waals surface area (Å²) >= 11 is 0. The van der Waals surface area contributed by atoms with Crippen molar-refractivity contribution in [1.29, 1.82) is 5.26 Å². The number of hydrogen-bond acceptors (Lipinski definition) is 8. The van der Waals surface area contributed by atoms with Gasteiger partial charge in [0.25, 0.3) is 0 Å². The van der Waals surface area contributed by atoms with Crippen molar-refractivity contribution < 1.29 is 38.6 Å². The van der Waals surface area contributed by atoms with Crippen LogP contribution in [0.2, 0.25) is 0 Å². The summed E-state index contributed by atoms with van der Waals surface area (Å²) in [6.45, 7) is 16.8. The molecular weight excluding hydrogens is 913 g/mol. The number of nitriles is 1. The van der Waals surface area contributed by atoms with Gasteiger partial charge in [0.1, 0.15) is 23.7 Å². The molecule has 3 unspecified atom stereocenters. The fourth-order valence-electron chi connectivity index (χ4n) is 12.6. The number of likely N-dealkylation sites (tertiary alicyclic amines) is 3. The number of piperidine rings is 3. The van der Waals surface area contributed by atoms with Crippen LogP contribution in [0.4, 0.5) is 14.4 Å². The van der Waals surface area contributed by atoms with Crippen LogP contribution >= 0.6 is 0 Å². The summed E-state index contributed by atoms with van der Waals surface area (Å²) in [5, 5.41) is 29.8. The molecule has 3 spiro atoms. The average Bonchev–Trinajstić information content (AvgIpc) is 4.14. The molecule has 0 aromatic carbocycles. The molecule has 5 N–H and O–H groups in total. The van der Waals surface area contributed by atoms with Gasteiger partial charge in [-0.15, -0.1) is 0 Å². The minimum Gasteiger partial charge on any atom is -0.480 e. The summed E-state index contributed by atoms with van der Waals surface area (Å²) in [5.74, 6) is -0.669. The highest BCUT2D eigenvalue weighted by molar-refractivity contribution is 5.88. The lowest BCUT2D eigenvalue weighted by Crippen LogP contribution is -2.55. The topological polar surface area (TPSA) is 214 Å². The first kappa shape index (κ1) is 58.6. The Morgan fingerprint density at radius 1 is 0.486 bits per heavy atom. The highest BCUT2D eigenvalue weighted by atomic mass is 16.5. The van der Waals surface area contributed by atoms with Crippen molar-refractivity contribution in [3.05, 3.63) is 0 Å². The second kappa shape index (κ2) is 27.3. The van der Waals surface area contributed by atoms with E-state index in [0.717, 1.165) is 77.8 Å². The second-order valence-corrected chi connectivity index (χ2v) is 24.6. The van der Waals surface area contributed by atoms with Crippen molar-refractivity contribution in [3.63, 3.8) is 0 Å². The second-order valence-electron chi connectivity index (χ2n) is 24.6. The van der Waals surface area contributed by atoms with Crippen LogP contribution in [0.25, 0.3) is 0 Å². The molecule has 7 aliphatic rings. The Bertz CT molecular complexity index is 1800. The van der Waals surface area contributed by atoms with E-state index in [1.165, 1.54) is 103 Å². The summed E-state index contributed by atoms with van der Waals surface area (Å²) in [7, 11) is 1.37. The van der Waals surface area contributed by atoms with Crippen molar-refractivity contribution in [3.8, 4) is 6.07 Å². The molecule has 0 aromatic rings. The van der Waals surface area contributed by atoms with Crippen LogP contribution in [0.15, 0.2) is 0 Å². The van der Waals surface area contributed by atoms with Gasteiger partial charge in [-0.25, -0.2) is 24.0 Å². The highest BCUT2D eigenvalue weighted by Gasteiger charge is 2.46. The van der Waals surface area contributed by atoms with Crippen molar-refractivity contribution in [1.82, 2.24) is 36.0 Å². The summed E-state index contributed by atoms with van der Waals surface area (Å²) in [4.78, 5) is 78.9. The molecule has 72 heavy (non-hydrogen) atoms. The fourth-order valence-corrected chi connectivity index (χ4v) is 12.6. The Hall–Kier alpha value is -4.29. The van der Waals surface area contributed by atoms with Gasteiger partial charge in [0.05, 0.1) is 13.2 Å². The lowest BCUT2D eigenvalue weighted by Gasteiger charge is -2.44. The van der Waals surface area contributed by atoms with Gasteiger partial charge in [0.15, 0.2) is 0 Å². The van der Waals surface area contributed by atoms with Crippen molar-refractivity contribution in [2.24, 2.45) is 34.0 Å². The smallest absolute Gasteiger partial charge is 0.328 e. The standard InChI is InChI=1S/C21H34N4O2.C18H32N2O3.C17H30N2O3/c1-16(2)14-17(18(26)24-21(15-22)8-9-21)23-19(27)25-12-10-20(11-13-25)6-4-3-5-7-20;1-14(2)13-15(16(21)23-3)19-17(22)20-11-9-18(10-12-20)7-5-4-6-8-18;1-13(2)12-14(15(20)21)18-16(22)19-10-8-17(9-11-19)6-4-3-5-7-17/h16-17H,3-14H2,1-2H3,(H,23,27)(H,24,26);14-15H,4-13H2,1-3H3,(H,19,22);13-14H,3-12H2,1-2H3,(H,18,22)(H,20,21). The largest absolute Gasteiger partial charge is 0.480 e. The normalized spacial score (nSPS) is 23.0. The Morgan fingerprint density at radius 2 is 0.792 bits per heavy atom. The number of urea groups is 3. The first-order chi connectivity index (χ1) is 34.2. The van der Waals surface area contributed by atoms with Gasteiger partial charge in [-0.1, -0.05) is 99.3 Å². The lowest BCUT2D eigenvalue weighted by atomic mass is 9.68. The number of nitrogens with one attached hydrogen (secondary N) is 4. The number of nitrogens with zero attached hydrogens (tertiary/aromatic N) is 4. The molecule has 7 rings (SSSR count). The monoisotopic (exact) mass is 1010 g/mol. The van der Waals surface area contributed by atoms with E-state index in [1.807, 2.05) is 51.3 Å². The van der Waals surface area contributed by atoms with Gasteiger partial charge >= 0.3 is 30.0 Å². The molecule has 0 aromatic heterocycles. The Kier molecular flexibility index (Phi) is 22.2. The average molecular weight is 1010 g/mol. The van der Waals surface area contributed by atoms with E-state index >= 15 is 0 Å². The summed E-state index contributed by atoms with van der Waals surface area (Å²) < 4.78 is 4.82. The van der Waals surface area contributed by atoms with Crippen LogP contribution in [0.5, 0.6) is 0 Å². The maximum atomic E-state index is 12.8. The minimum absolute atomic E-state index is 0.119. The number of aliphatic carboxylic acids is 1. The first-order valence-electron chi connectivity index (χ1n) is 28.4. The zero-order chi connectivity index (χ0) is 52.5. The number of methoxy groups -OCH3 is 1. The van der Waals surface area contributed by atoms with Crippen molar-refractivity contribution in [2.45, 2.75) is 232 Å². The van der Waals surface area contributed by atoms with E-state index in [1.54, 1.807) is 4.90 Å². The third kappa shape index (κ3) is 17.7. The molecule has 16 nitrogen and oxygen atoms in total. The molecule has 7 fully saturated rings. The van der Waals surface area contributed by atoms with E-state index in [0.29, 0.717) is 54.3 Å². The van der Waals surface area contributed by atoms with E-state index < -0.39 is 29.6 Å². The SMILES string of the molecule is CC(C)CC(NC(=O)N1CCC2(CCCCC2)CC1)C(=O)NC1(C#N)CC1.CC(C)CC(NC(=O)N1CCC2(CCCCC2)CC1)C(=O)O.COC(=O)C(CC(C)C)NC(=O)N1CCC2(CCCCC2)CC1. The highest BCUT2D eigenvalue weighted by Crippen LogP contribution is 2.46. The van der Waals surface area contributed by atoms with Gasteiger partial charge < -0.3 is 45.8 Å². The fraction of sp³-hybridized carbons (Fsp3) is 0.875. The number of amides is 7. The number of rotatable bonds is 13. The summed E-state index contributed by atoms with van der Waals surface area (Å²) in [6, 6.07) is -0.176. The molecule has 3 aliphatic heterocycles. The maximum absolute atomic E-state index is 12.8. The molecule has 408 valence electrons. The third-order valence-electron chi connectivity index (χ3n) is 17.5. The van der Waals surface area contributed by atoms with Crippen LogP contribution in [0, 0.1) is 45.3 Å². The predicted octanol–water partition coefficient (Wildman–Crippen LogP) is 9.90. The molecule has 4 aliphatic carbocycles. The number of carboxylic acids is 1. The third-order valence-corrected chi connectivity index (χ3v) is 17.5. The van der Waals surface area contributed by atoms with Crippen molar-refractivity contribution in [2.75, 3.05) is 46.4 Å². The molecule has 4 saturated carbocycles. The lowest BCUT2D eigenvalue weighted by molar-refractivity contribution is -0.143. The van der Waals surface area contributed by atoms with Crippen molar-refractivity contribution >= 4 is 35.9 Å². The van der Waals surface area contributed by atoms with Crippen LogP contribution in [0.3, 0.4) is 0 Å². The number of ether oxygens (including phenoxy) is 1. The van der Waals surface area contributed by atoms with E-state index in [9.17, 15) is 39.1 Å². The zero-order valence-electron chi connectivity index (χ0n) is 45.7. The molecule has 0 bridgehead atoms. The predicted molar refractivity (Wildman–Crippen MR) is 280 cm³/mol. The molecular formula is C56H96N8O8. The van der Waals surface area contributed by atoms with Gasteiger partial charge in [0, 0.05) is 39.3 Å². The zero-order valence-corrected chi connectivity index (χ0v) is 45.7. The van der Waals surface area contributed by atoms with Crippen LogP contribution in [0.1, 0.15) is 208 Å². The van der Waals surface area contributed by atoms with E-state index in [2.05, 4.69) is 27.3 Å². The summed E-state index contributed by atoms with van der Waals surface area (Å²) in [5.41, 5.74) is 0.693. The Labute approximate surface area is 433 Å². The molecule has 0 radical (unpaired) electrons. The number of carbonyl (C=O) groups excluding carboxylic acids is 5. The molecule has 3 heterocycles. The summed E-state index contributed by atoms with van der Waals surface area (Å²) in [6.07, 6.45) is 29.4. The van der Waals surface area contributed by atoms with E-state index in [-0.39, 0.29) is 41.8 Å². The van der Waals surface area contributed by atoms with Crippen LogP contribution in [-0.2, 0) is 19.1 Å². The minimum atomic E-state index is -0.942. The molecule has 7 amide bonds. The Balaban J connectivity index is 0.000000202. The first-order valence-corrected chi connectivity index (χ1v) is 28.4. The molecule has 16 heteroatoms. The number of carbonyl (C=O) groups is 6. The van der Waals surface area contributed by atoms with Gasteiger partial charge in [0.2, 0.25) is 5.91 Å². The molecule has 3 saturated heterocycles. The van der Waals surface area contributed by atoms with Crippen LogP contribution < -0.4 is 21.3 Å². The Morgan fingerprint density at radius 3 is 1.08 bits per heavy atom.